The number of para-hydroxylation sites is 2. The van der Waals surface area contributed by atoms with Crippen molar-refractivity contribution in [2.75, 3.05) is 23.9 Å². The summed E-state index contributed by atoms with van der Waals surface area (Å²) in [6, 6.07) is 15.9. The lowest BCUT2D eigenvalue weighted by molar-refractivity contribution is -0.750. The molecule has 1 heterocycles. The number of hydrogen-bond donors (Lipinski definition) is 1. The Morgan fingerprint density at radius 2 is 1.88 bits per heavy atom. The van der Waals surface area contributed by atoms with Gasteiger partial charge in [0, 0.05) is 5.56 Å². The van der Waals surface area contributed by atoms with E-state index in [1.165, 1.54) is 0 Å². The van der Waals surface area contributed by atoms with Gasteiger partial charge < -0.3 is 4.74 Å². The molecule has 1 unspecified atom stereocenters. The molecule has 3 rings (SSSR count). The normalized spacial score (nSPS) is 19.3. The fourth-order valence-electron chi connectivity index (χ4n) is 3.05. The van der Waals surface area contributed by atoms with Crippen LogP contribution in [0.3, 0.4) is 0 Å². The number of rotatable bonds is 5. The molecule has 0 aliphatic carbocycles. The van der Waals surface area contributed by atoms with Crippen molar-refractivity contribution in [1.82, 2.24) is 0 Å². The van der Waals surface area contributed by atoms with Crippen LogP contribution in [0.25, 0.3) is 0 Å². The summed E-state index contributed by atoms with van der Waals surface area (Å²) in [7, 11) is 1.59. The van der Waals surface area contributed by atoms with E-state index in [4.69, 9.17) is 4.74 Å². The summed E-state index contributed by atoms with van der Waals surface area (Å²) in [5.74, 6) is -0.187. The molecule has 1 fully saturated rings. The lowest BCUT2D eigenvalue weighted by Crippen LogP contribution is -2.61. The minimum Gasteiger partial charge on any atom is -0.463 e. The van der Waals surface area contributed by atoms with Crippen LogP contribution in [0.1, 0.15) is 12.0 Å². The maximum Gasteiger partial charge on any atom is 0.453 e. The third kappa shape index (κ3) is 3.16. The summed E-state index contributed by atoms with van der Waals surface area (Å²) in [6.07, 6.45) is 0.286. The lowest BCUT2D eigenvalue weighted by atomic mass is 10.2. The average Bonchev–Trinajstić information content (AvgIpc) is 2.98. The second-order valence-corrected chi connectivity index (χ2v) is 6.06. The largest absolute Gasteiger partial charge is 0.463 e. The zero-order chi connectivity index (χ0) is 18.6. The summed E-state index contributed by atoms with van der Waals surface area (Å²) in [6.45, 7) is 0.857. The van der Waals surface area contributed by atoms with E-state index in [0.717, 1.165) is 5.69 Å². The van der Waals surface area contributed by atoms with E-state index >= 15 is 0 Å². The van der Waals surface area contributed by atoms with Crippen molar-refractivity contribution in [2.45, 2.75) is 13.0 Å². The van der Waals surface area contributed by atoms with E-state index in [2.05, 4.69) is 5.32 Å². The van der Waals surface area contributed by atoms with Gasteiger partial charge >= 0.3 is 11.9 Å². The Bertz CT molecular complexity index is 825. The van der Waals surface area contributed by atoms with E-state index < -0.39 is 10.6 Å². The monoisotopic (exact) mass is 354 g/mol. The number of urea groups is 1. The molecule has 3 amide bonds. The van der Waals surface area contributed by atoms with Gasteiger partial charge in [-0.2, -0.15) is 0 Å². The molecular formula is C19H20N3O4+. The highest BCUT2D eigenvalue weighted by molar-refractivity contribution is 5.94. The quantitative estimate of drug-likeness (QED) is 0.660. The zero-order valence-electron chi connectivity index (χ0n) is 14.4. The number of hydrogen-bond acceptors (Lipinski definition) is 5. The predicted molar refractivity (Wildman–Crippen MR) is 95.9 cm³/mol. The van der Waals surface area contributed by atoms with Crippen molar-refractivity contribution in [3.63, 3.8) is 0 Å². The number of amides is 3. The Labute approximate surface area is 151 Å². The number of quaternary nitrogens is 1. The van der Waals surface area contributed by atoms with Gasteiger partial charge in [-0.25, -0.2) is 14.6 Å². The number of nitrogens with one attached hydrogen (secondary N) is 1. The molecule has 0 spiro atoms. The van der Waals surface area contributed by atoms with Gasteiger partial charge in [0.05, 0.1) is 24.3 Å². The third-order valence-electron chi connectivity index (χ3n) is 4.52. The molecule has 1 N–H and O–H groups in total. The van der Waals surface area contributed by atoms with Gasteiger partial charge in [0.15, 0.2) is 0 Å². The number of benzene rings is 2. The van der Waals surface area contributed by atoms with E-state index in [1.54, 1.807) is 36.3 Å². The standard InChI is InChI=1S/C19H19N3O4/c1-22(18(24)11-12-21(22)16-8-3-2-4-9-16)19(25)20-17-10-6-5-7-15(17)13-26-14-23/h2-10,14H,11-13H2,1H3/p+1. The zero-order valence-corrected chi connectivity index (χ0v) is 14.4. The highest BCUT2D eigenvalue weighted by Crippen LogP contribution is 2.29. The van der Waals surface area contributed by atoms with Gasteiger partial charge in [0.25, 0.3) is 6.47 Å². The topological polar surface area (TPSA) is 75.7 Å². The summed E-state index contributed by atoms with van der Waals surface area (Å²) in [5, 5.41) is 4.57. The van der Waals surface area contributed by atoms with Crippen LogP contribution in [-0.2, 0) is 20.9 Å². The maximum atomic E-state index is 13.0. The van der Waals surface area contributed by atoms with Crippen molar-refractivity contribution in [3.8, 4) is 0 Å². The smallest absolute Gasteiger partial charge is 0.453 e. The molecule has 7 heteroatoms. The van der Waals surface area contributed by atoms with Gasteiger partial charge in [0.1, 0.15) is 13.7 Å². The lowest BCUT2D eigenvalue weighted by Gasteiger charge is -2.33. The van der Waals surface area contributed by atoms with E-state index in [0.29, 0.717) is 24.3 Å². The van der Waals surface area contributed by atoms with Gasteiger partial charge in [0.2, 0.25) is 0 Å². The molecule has 26 heavy (non-hydrogen) atoms. The first-order valence-corrected chi connectivity index (χ1v) is 8.25. The second kappa shape index (κ2) is 7.37. The van der Waals surface area contributed by atoms with Crippen molar-refractivity contribution in [2.24, 2.45) is 0 Å². The molecule has 2 aromatic rings. The molecular weight excluding hydrogens is 334 g/mol. The minimum atomic E-state index is -0.493. The SMILES string of the molecule is C[N+]1(C(=O)Nc2ccccc2COC=O)C(=O)CCN1c1ccccc1. The van der Waals surface area contributed by atoms with Crippen molar-refractivity contribution in [1.29, 1.82) is 0 Å². The first kappa shape index (κ1) is 17.6. The van der Waals surface area contributed by atoms with Gasteiger partial charge in [-0.15, -0.1) is 0 Å². The number of nitrogens with zero attached hydrogens (tertiary/aromatic N) is 2. The number of carbonyl (C=O) groups is 3. The van der Waals surface area contributed by atoms with Crippen LogP contribution in [0.2, 0.25) is 0 Å². The molecule has 2 aromatic carbocycles. The molecule has 0 bridgehead atoms. The molecule has 1 aliphatic rings. The molecule has 0 saturated carbocycles. The summed E-state index contributed by atoms with van der Waals surface area (Å²) < 4.78 is 4.30. The highest BCUT2D eigenvalue weighted by Gasteiger charge is 2.52. The maximum absolute atomic E-state index is 13.0. The first-order valence-electron chi connectivity index (χ1n) is 8.25. The molecule has 0 aromatic heterocycles. The average molecular weight is 354 g/mol. The van der Waals surface area contributed by atoms with Crippen LogP contribution < -0.4 is 10.3 Å². The van der Waals surface area contributed by atoms with Crippen molar-refractivity contribution < 1.29 is 23.7 Å². The fraction of sp³-hybridized carbons (Fsp3) is 0.211. The van der Waals surface area contributed by atoms with Crippen LogP contribution in [0.5, 0.6) is 0 Å². The van der Waals surface area contributed by atoms with Crippen LogP contribution in [-0.4, -0.2) is 36.6 Å². The Hall–Kier alpha value is -3.19. The predicted octanol–water partition coefficient (Wildman–Crippen LogP) is 2.69. The second-order valence-electron chi connectivity index (χ2n) is 6.06. The first-order chi connectivity index (χ1) is 12.6. The van der Waals surface area contributed by atoms with Crippen LogP contribution in [0, 0.1) is 0 Å². The summed E-state index contributed by atoms with van der Waals surface area (Å²) in [4.78, 5) is 36.1. The van der Waals surface area contributed by atoms with Gasteiger partial charge in [-0.05, 0) is 18.2 Å². The Kier molecular flexibility index (Phi) is 4.99. The number of ether oxygens (including phenoxy) is 1. The highest BCUT2D eigenvalue weighted by atomic mass is 16.5. The Balaban J connectivity index is 1.88. The van der Waals surface area contributed by atoms with E-state index in [-0.39, 0.29) is 18.9 Å². The molecule has 0 radical (unpaired) electrons. The van der Waals surface area contributed by atoms with Gasteiger partial charge in [-0.1, -0.05) is 41.0 Å². The molecule has 1 aliphatic heterocycles. The Morgan fingerprint density at radius 3 is 2.62 bits per heavy atom. The molecule has 1 atom stereocenters. The summed E-state index contributed by atoms with van der Waals surface area (Å²) >= 11 is 0. The number of imide groups is 1. The minimum absolute atomic E-state index is 0.0417. The van der Waals surface area contributed by atoms with Gasteiger partial charge in [-0.3, -0.25) is 10.1 Å². The number of carbonyl (C=O) groups excluding carboxylic acids is 3. The van der Waals surface area contributed by atoms with Crippen molar-refractivity contribution in [3.05, 3.63) is 60.2 Å². The van der Waals surface area contributed by atoms with Crippen LogP contribution in [0.4, 0.5) is 16.2 Å². The van der Waals surface area contributed by atoms with E-state index in [1.807, 2.05) is 30.3 Å². The third-order valence-corrected chi connectivity index (χ3v) is 4.52. The number of anilines is 2. The fourth-order valence-corrected chi connectivity index (χ4v) is 3.05. The molecule has 134 valence electrons. The van der Waals surface area contributed by atoms with Crippen LogP contribution >= 0.6 is 0 Å². The molecule has 1 saturated heterocycles. The molecule has 7 nitrogen and oxygen atoms in total. The van der Waals surface area contributed by atoms with Crippen LogP contribution in [0.15, 0.2) is 54.6 Å². The summed E-state index contributed by atoms with van der Waals surface area (Å²) in [5.41, 5.74) is 1.96. The van der Waals surface area contributed by atoms with Crippen molar-refractivity contribution >= 4 is 29.8 Å². The van der Waals surface area contributed by atoms with E-state index in [9.17, 15) is 14.4 Å². The Morgan fingerprint density at radius 1 is 1.19 bits per heavy atom.